The standard InChI is InChI=1S/C24H29N5O2/c1-19-22-8-5-9-28(22)14-15-29(19)24(30)21-18-31-23(25-21)17-27-12-10-26(11-13-27)16-20-6-3-2-4-7-20/h2-9,18-19H,10-17H2,1H3. The Morgan fingerprint density at radius 3 is 2.48 bits per heavy atom. The average Bonchev–Trinajstić information content (AvgIpc) is 3.46. The molecule has 1 aromatic carbocycles. The van der Waals surface area contributed by atoms with Crippen molar-refractivity contribution < 1.29 is 9.21 Å². The van der Waals surface area contributed by atoms with Crippen LogP contribution in [0.3, 0.4) is 0 Å². The van der Waals surface area contributed by atoms with E-state index in [4.69, 9.17) is 4.42 Å². The second-order valence-electron chi connectivity index (χ2n) is 8.47. The number of piperazine rings is 1. The van der Waals surface area contributed by atoms with Crippen LogP contribution in [0.25, 0.3) is 0 Å². The first-order valence-corrected chi connectivity index (χ1v) is 11.1. The molecule has 5 rings (SSSR count). The number of aromatic nitrogens is 2. The summed E-state index contributed by atoms with van der Waals surface area (Å²) < 4.78 is 7.88. The molecule has 0 bridgehead atoms. The summed E-state index contributed by atoms with van der Waals surface area (Å²) in [7, 11) is 0. The zero-order valence-corrected chi connectivity index (χ0v) is 18.0. The zero-order valence-electron chi connectivity index (χ0n) is 18.0. The number of benzene rings is 1. The lowest BCUT2D eigenvalue weighted by Gasteiger charge is -2.34. The Balaban J connectivity index is 1.15. The van der Waals surface area contributed by atoms with Gasteiger partial charge in [0, 0.05) is 57.7 Å². The molecule has 0 spiro atoms. The average molecular weight is 420 g/mol. The largest absolute Gasteiger partial charge is 0.447 e. The van der Waals surface area contributed by atoms with Crippen molar-refractivity contribution in [3.63, 3.8) is 0 Å². The third-order valence-electron chi connectivity index (χ3n) is 6.45. The number of nitrogens with zero attached hydrogens (tertiary/aromatic N) is 5. The van der Waals surface area contributed by atoms with Crippen LogP contribution in [-0.4, -0.2) is 62.9 Å². The number of amides is 1. The van der Waals surface area contributed by atoms with Crippen LogP contribution in [0.4, 0.5) is 0 Å². The smallest absolute Gasteiger partial charge is 0.276 e. The van der Waals surface area contributed by atoms with Gasteiger partial charge in [-0.1, -0.05) is 30.3 Å². The maximum Gasteiger partial charge on any atom is 0.276 e. The molecule has 1 atom stereocenters. The molecule has 4 heterocycles. The molecule has 31 heavy (non-hydrogen) atoms. The molecule has 7 heteroatoms. The summed E-state index contributed by atoms with van der Waals surface area (Å²) >= 11 is 0. The van der Waals surface area contributed by atoms with Crippen molar-refractivity contribution in [2.45, 2.75) is 32.6 Å². The molecule has 0 aliphatic carbocycles. The van der Waals surface area contributed by atoms with Gasteiger partial charge in [0.1, 0.15) is 6.26 Å². The Kier molecular flexibility index (Phi) is 5.61. The Morgan fingerprint density at radius 2 is 1.71 bits per heavy atom. The van der Waals surface area contributed by atoms with Crippen LogP contribution in [0.5, 0.6) is 0 Å². The molecule has 2 aromatic heterocycles. The summed E-state index contributed by atoms with van der Waals surface area (Å²) in [6.07, 6.45) is 3.59. The van der Waals surface area contributed by atoms with Gasteiger partial charge in [0.15, 0.2) is 5.69 Å². The third kappa shape index (κ3) is 4.29. The molecular formula is C24H29N5O2. The highest BCUT2D eigenvalue weighted by molar-refractivity contribution is 5.92. The van der Waals surface area contributed by atoms with Gasteiger partial charge in [0.05, 0.1) is 12.6 Å². The zero-order chi connectivity index (χ0) is 21.2. The van der Waals surface area contributed by atoms with Gasteiger partial charge in [0.2, 0.25) is 5.89 Å². The number of carbonyl (C=O) groups excluding carboxylic acids is 1. The third-order valence-corrected chi connectivity index (χ3v) is 6.45. The molecule has 1 amide bonds. The molecule has 2 aliphatic heterocycles. The van der Waals surface area contributed by atoms with Crippen molar-refractivity contribution in [1.29, 1.82) is 0 Å². The van der Waals surface area contributed by atoms with Crippen LogP contribution in [0.1, 0.15) is 40.6 Å². The SMILES string of the molecule is CC1c2cccn2CCN1C(=O)c1coc(CN2CCN(Cc3ccccc3)CC2)n1. The van der Waals surface area contributed by atoms with Gasteiger partial charge in [-0.05, 0) is 24.6 Å². The second kappa shape index (κ2) is 8.69. The van der Waals surface area contributed by atoms with Gasteiger partial charge < -0.3 is 13.9 Å². The highest BCUT2D eigenvalue weighted by Gasteiger charge is 2.30. The van der Waals surface area contributed by atoms with E-state index in [9.17, 15) is 4.79 Å². The highest BCUT2D eigenvalue weighted by atomic mass is 16.3. The van der Waals surface area contributed by atoms with E-state index in [0.717, 1.165) is 45.0 Å². The van der Waals surface area contributed by atoms with Crippen molar-refractivity contribution in [3.05, 3.63) is 77.8 Å². The number of hydrogen-bond acceptors (Lipinski definition) is 5. The maximum atomic E-state index is 13.0. The predicted octanol–water partition coefficient (Wildman–Crippen LogP) is 3.01. The monoisotopic (exact) mass is 419 g/mol. The van der Waals surface area contributed by atoms with Gasteiger partial charge in [-0.25, -0.2) is 4.98 Å². The number of fused-ring (bicyclic) bond motifs is 1. The van der Waals surface area contributed by atoms with E-state index >= 15 is 0 Å². The molecule has 1 fully saturated rings. The summed E-state index contributed by atoms with van der Waals surface area (Å²) in [5.74, 6) is 0.565. The van der Waals surface area contributed by atoms with Crippen LogP contribution in [0.15, 0.2) is 59.3 Å². The Morgan fingerprint density at radius 1 is 0.968 bits per heavy atom. The van der Waals surface area contributed by atoms with E-state index in [1.54, 1.807) is 0 Å². The first-order valence-electron chi connectivity index (χ1n) is 11.1. The fraction of sp³-hybridized carbons (Fsp3) is 0.417. The molecule has 3 aromatic rings. The van der Waals surface area contributed by atoms with Crippen molar-refractivity contribution in [1.82, 2.24) is 24.3 Å². The summed E-state index contributed by atoms with van der Waals surface area (Å²) in [6, 6.07) is 14.7. The van der Waals surface area contributed by atoms with Crippen LogP contribution >= 0.6 is 0 Å². The number of hydrogen-bond donors (Lipinski definition) is 0. The number of rotatable bonds is 5. The predicted molar refractivity (Wildman–Crippen MR) is 117 cm³/mol. The van der Waals surface area contributed by atoms with E-state index in [1.807, 2.05) is 11.0 Å². The molecule has 0 N–H and O–H groups in total. The molecule has 7 nitrogen and oxygen atoms in total. The lowest BCUT2D eigenvalue weighted by atomic mass is 10.1. The topological polar surface area (TPSA) is 57.8 Å². The normalized spacial score (nSPS) is 20.0. The van der Waals surface area contributed by atoms with E-state index in [-0.39, 0.29) is 11.9 Å². The van der Waals surface area contributed by atoms with E-state index < -0.39 is 0 Å². The lowest BCUT2D eigenvalue weighted by Crippen LogP contribution is -2.45. The van der Waals surface area contributed by atoms with Gasteiger partial charge >= 0.3 is 0 Å². The van der Waals surface area contributed by atoms with E-state index in [2.05, 4.69) is 68.9 Å². The van der Waals surface area contributed by atoms with Crippen molar-refractivity contribution in [2.75, 3.05) is 32.7 Å². The maximum absolute atomic E-state index is 13.0. The Bertz CT molecular complexity index is 1020. The van der Waals surface area contributed by atoms with Crippen LogP contribution in [0, 0.1) is 0 Å². The van der Waals surface area contributed by atoms with Gasteiger partial charge in [-0.3, -0.25) is 14.6 Å². The molecular weight excluding hydrogens is 390 g/mol. The molecule has 1 unspecified atom stereocenters. The fourth-order valence-corrected chi connectivity index (χ4v) is 4.62. The first kappa shape index (κ1) is 20.0. The minimum absolute atomic E-state index is 0.0362. The Hall–Kier alpha value is -2.90. The molecule has 1 saturated heterocycles. The van der Waals surface area contributed by atoms with Crippen LogP contribution < -0.4 is 0 Å². The van der Waals surface area contributed by atoms with Gasteiger partial charge in [-0.15, -0.1) is 0 Å². The first-order chi connectivity index (χ1) is 15.2. The highest BCUT2D eigenvalue weighted by Crippen LogP contribution is 2.26. The molecule has 0 saturated carbocycles. The summed E-state index contributed by atoms with van der Waals surface area (Å²) in [6.45, 7) is 9.19. The van der Waals surface area contributed by atoms with Gasteiger partial charge in [0.25, 0.3) is 5.91 Å². The van der Waals surface area contributed by atoms with E-state index in [0.29, 0.717) is 24.7 Å². The van der Waals surface area contributed by atoms with Crippen LogP contribution in [0.2, 0.25) is 0 Å². The summed E-state index contributed by atoms with van der Waals surface area (Å²) in [4.78, 5) is 24.3. The minimum Gasteiger partial charge on any atom is -0.447 e. The molecule has 2 aliphatic rings. The summed E-state index contributed by atoms with van der Waals surface area (Å²) in [5.41, 5.74) is 2.92. The van der Waals surface area contributed by atoms with Crippen molar-refractivity contribution in [2.24, 2.45) is 0 Å². The molecule has 162 valence electrons. The quantitative estimate of drug-likeness (QED) is 0.636. The van der Waals surface area contributed by atoms with E-state index in [1.165, 1.54) is 11.8 Å². The summed E-state index contributed by atoms with van der Waals surface area (Å²) in [5, 5.41) is 0. The van der Waals surface area contributed by atoms with Crippen molar-refractivity contribution >= 4 is 5.91 Å². The second-order valence-corrected chi connectivity index (χ2v) is 8.47. The minimum atomic E-state index is -0.0531. The Labute approximate surface area is 182 Å². The lowest BCUT2D eigenvalue weighted by molar-refractivity contribution is 0.0637. The van der Waals surface area contributed by atoms with Crippen LogP contribution in [-0.2, 0) is 19.6 Å². The molecule has 0 radical (unpaired) electrons. The number of oxazole rings is 1. The fourth-order valence-electron chi connectivity index (χ4n) is 4.62. The van der Waals surface area contributed by atoms with Crippen molar-refractivity contribution in [3.8, 4) is 0 Å². The van der Waals surface area contributed by atoms with Gasteiger partial charge in [-0.2, -0.15) is 0 Å². The number of carbonyl (C=O) groups is 1.